The molecule has 408 valence electrons. The lowest BCUT2D eigenvalue weighted by Gasteiger charge is -2.38. The minimum absolute atomic E-state index is 0.0488. The molecule has 1 aliphatic carbocycles. The number of aliphatic hydroxyl groups is 7. The molecule has 22 heteroatoms. The van der Waals surface area contributed by atoms with Crippen LogP contribution >= 0.6 is 15.6 Å². The molecule has 2 bridgehead atoms. The molecule has 20 nitrogen and oxygen atoms in total. The van der Waals surface area contributed by atoms with Crippen LogP contribution in [0.3, 0.4) is 0 Å². The third kappa shape index (κ3) is 27.4. The van der Waals surface area contributed by atoms with Crippen molar-refractivity contribution >= 4 is 33.4 Å². The van der Waals surface area contributed by atoms with Gasteiger partial charge in [0.05, 0.1) is 37.1 Å². The van der Waals surface area contributed by atoms with Gasteiger partial charge in [0.15, 0.2) is 6.10 Å². The summed E-state index contributed by atoms with van der Waals surface area (Å²) in [7, 11) is -11.6. The van der Waals surface area contributed by atoms with E-state index in [2.05, 4.69) is 37.3 Å². The average Bonchev–Trinajstić information content (AvgIpc) is 3.31. The second-order valence-corrected chi connectivity index (χ2v) is 20.7. The number of allylic oxidation sites excluding steroid dienone is 8. The number of phosphoric acid groups is 2. The van der Waals surface area contributed by atoms with E-state index in [9.17, 15) is 73.9 Å². The van der Waals surface area contributed by atoms with Gasteiger partial charge in [0.2, 0.25) is 0 Å². The molecule has 0 aromatic heterocycles. The topological polar surface area (TPSA) is 334 Å². The lowest BCUT2D eigenvalue weighted by molar-refractivity contribution is -0.166. The SMILES string of the molecule is CCCCC/C=C\C/C=C\C/C=C\C/C=C\CCCC(=O)OC[C@@H]1COP(=O)(O)O[C@H]2[C@H](O)[C@@H](O)[C@H](O)[C@@H](CC(=O)CCCCC(=O)O1)[C@@H](O)C[C@@H](O)[C@H](C=C[C@@H](O)CCCCC)[C@@H](O)[C@H]2OP(=O)(O)O. The van der Waals surface area contributed by atoms with Crippen LogP contribution in [0.1, 0.15) is 142 Å². The maximum atomic E-state index is 13.7. The van der Waals surface area contributed by atoms with Crippen molar-refractivity contribution < 1.29 is 97.0 Å². The molecule has 1 aliphatic heterocycles. The van der Waals surface area contributed by atoms with Crippen LogP contribution in [0, 0.1) is 11.8 Å². The van der Waals surface area contributed by atoms with Gasteiger partial charge in [-0.2, -0.15) is 0 Å². The number of rotatable bonds is 24. The van der Waals surface area contributed by atoms with Gasteiger partial charge in [-0.15, -0.1) is 0 Å². The summed E-state index contributed by atoms with van der Waals surface area (Å²) < 4.78 is 52.0. The molecule has 0 radical (unpaired) electrons. The van der Waals surface area contributed by atoms with Crippen molar-refractivity contribution in [3.63, 3.8) is 0 Å². The number of aliphatic hydroxyl groups excluding tert-OH is 7. The Balaban J connectivity index is 2.32. The molecule has 2 aliphatic rings. The third-order valence-electron chi connectivity index (χ3n) is 12.0. The van der Waals surface area contributed by atoms with Crippen molar-refractivity contribution in [1.29, 1.82) is 0 Å². The molecule has 2 fully saturated rings. The van der Waals surface area contributed by atoms with Crippen molar-refractivity contribution in [1.82, 2.24) is 0 Å². The van der Waals surface area contributed by atoms with Crippen LogP contribution in [-0.2, 0) is 46.6 Å². The van der Waals surface area contributed by atoms with Crippen molar-refractivity contribution in [2.75, 3.05) is 13.2 Å². The van der Waals surface area contributed by atoms with E-state index in [4.69, 9.17) is 23.0 Å². The molecule has 71 heavy (non-hydrogen) atoms. The molecule has 10 N–H and O–H groups in total. The second kappa shape index (κ2) is 35.4. The first-order valence-corrected chi connectivity index (χ1v) is 28.0. The van der Waals surface area contributed by atoms with E-state index >= 15 is 0 Å². The number of esters is 2. The molecular formula is C49H82O20P2. The molecule has 1 heterocycles. The molecule has 0 aromatic rings. The number of ketones is 1. The highest BCUT2D eigenvalue weighted by Crippen LogP contribution is 2.50. The summed E-state index contributed by atoms with van der Waals surface area (Å²) in [5.41, 5.74) is 0. The van der Waals surface area contributed by atoms with Gasteiger partial charge in [-0.3, -0.25) is 28.0 Å². The number of ether oxygens (including phenoxy) is 2. The highest BCUT2D eigenvalue weighted by Gasteiger charge is 2.52. The fraction of sp³-hybridized carbons (Fsp3) is 0.735. The van der Waals surface area contributed by atoms with Gasteiger partial charge in [0.1, 0.15) is 36.8 Å². The largest absolute Gasteiger partial charge is 0.472 e. The summed E-state index contributed by atoms with van der Waals surface area (Å²) >= 11 is 0. The number of fused-ring (bicyclic) bond motifs is 4. The normalized spacial score (nSPS) is 31.1. The monoisotopic (exact) mass is 1050 g/mol. The van der Waals surface area contributed by atoms with E-state index in [-0.39, 0.29) is 38.5 Å². The van der Waals surface area contributed by atoms with Gasteiger partial charge in [-0.05, 0) is 64.2 Å². The zero-order chi connectivity index (χ0) is 52.8. The number of hydrogen-bond donors (Lipinski definition) is 10. The molecule has 13 atom stereocenters. The summed E-state index contributed by atoms with van der Waals surface area (Å²) in [6.45, 7) is 2.39. The van der Waals surface area contributed by atoms with Gasteiger partial charge in [0.25, 0.3) is 0 Å². The fourth-order valence-corrected chi connectivity index (χ4v) is 9.54. The van der Waals surface area contributed by atoms with Gasteiger partial charge in [-0.1, -0.05) is 107 Å². The lowest BCUT2D eigenvalue weighted by Crippen LogP contribution is -2.56. The first-order valence-electron chi connectivity index (χ1n) is 25.0. The minimum atomic E-state index is -5.82. The average molecular weight is 1050 g/mol. The Morgan fingerprint density at radius 1 is 0.789 bits per heavy atom. The third-order valence-corrected chi connectivity index (χ3v) is 13.5. The maximum absolute atomic E-state index is 13.7. The van der Waals surface area contributed by atoms with E-state index in [1.807, 2.05) is 25.2 Å². The van der Waals surface area contributed by atoms with Crippen LogP contribution in [0.4, 0.5) is 0 Å². The van der Waals surface area contributed by atoms with Gasteiger partial charge in [-0.25, -0.2) is 9.13 Å². The van der Waals surface area contributed by atoms with E-state index in [0.717, 1.165) is 44.3 Å². The Morgan fingerprint density at radius 2 is 1.38 bits per heavy atom. The van der Waals surface area contributed by atoms with E-state index in [1.165, 1.54) is 19.3 Å². The highest BCUT2D eigenvalue weighted by molar-refractivity contribution is 7.47. The van der Waals surface area contributed by atoms with Crippen LogP contribution in [0.15, 0.2) is 60.8 Å². The smallest absolute Gasteiger partial charge is 0.462 e. The van der Waals surface area contributed by atoms with E-state index in [1.54, 1.807) is 0 Å². The molecular weight excluding hydrogens is 970 g/mol. The molecule has 1 saturated heterocycles. The zero-order valence-corrected chi connectivity index (χ0v) is 43.0. The van der Waals surface area contributed by atoms with Crippen molar-refractivity contribution in [3.8, 4) is 0 Å². The molecule has 0 aromatic carbocycles. The predicted molar refractivity (Wildman–Crippen MR) is 262 cm³/mol. The molecule has 1 saturated carbocycles. The van der Waals surface area contributed by atoms with Crippen LogP contribution in [0.5, 0.6) is 0 Å². The standard InChI is InChI=1S/C49H82O20P2/c1-3-5-7-8-9-10-11-12-13-14-15-16-17-18-19-20-22-27-42(54)65-33-37-34-66-71(63,64)69-49-47(59)46(58)44(56)39(31-36(51)26-23-24-28-43(55)67-37)41(53)32-40(52)38(30-29-35(50)25-21-6-4-2)45(57)48(49)68-70(60,61)62/h9-10,12-13,15-16,18-19,29-30,35,37-41,44-50,52-53,56-59H,3-8,11,14,17,20-28,31-34H2,1-2H3,(H,63,64)(H2,60,61,62)/b10-9-,13-12-,16-15-,19-18-,30-29?/t35-,37+,38-,39-,40+,41-,44+,45+,46-,47+,48+,49-/m0/s1. The second-order valence-electron chi connectivity index (χ2n) is 18.1. The predicted octanol–water partition coefficient (Wildman–Crippen LogP) is 5.40. The van der Waals surface area contributed by atoms with Crippen molar-refractivity contribution in [3.05, 3.63) is 60.8 Å². The Labute approximate surface area is 418 Å². The van der Waals surface area contributed by atoms with Gasteiger partial charge < -0.3 is 59.9 Å². The maximum Gasteiger partial charge on any atom is 0.472 e. The number of Topliss-reactive ketones (excluding diaryl/α,β-unsaturated/α-hetero) is 1. The number of unbranched alkanes of at least 4 members (excludes halogenated alkanes) is 6. The van der Waals surface area contributed by atoms with Crippen LogP contribution in [0.2, 0.25) is 0 Å². The summed E-state index contributed by atoms with van der Waals surface area (Å²) in [5.74, 6) is -5.65. The number of carbonyl (C=O) groups is 3. The summed E-state index contributed by atoms with van der Waals surface area (Å²) in [5, 5.41) is 79.6. The molecule has 0 amide bonds. The Kier molecular flexibility index (Phi) is 32.1. The Hall–Kier alpha value is -2.75. The van der Waals surface area contributed by atoms with Crippen molar-refractivity contribution in [2.24, 2.45) is 11.8 Å². The van der Waals surface area contributed by atoms with Crippen molar-refractivity contribution in [2.45, 2.75) is 203 Å². The zero-order valence-electron chi connectivity index (χ0n) is 41.2. The number of cyclic esters (lactones) is 1. The Bertz CT molecular complexity index is 1780. The number of hydrogen-bond acceptors (Lipinski definition) is 17. The lowest BCUT2D eigenvalue weighted by atomic mass is 9.82. The Morgan fingerprint density at radius 3 is 2.00 bits per heavy atom. The van der Waals surface area contributed by atoms with Crippen LogP contribution in [0.25, 0.3) is 0 Å². The fourth-order valence-electron chi connectivity index (χ4n) is 8.01. The van der Waals surface area contributed by atoms with Gasteiger partial charge in [0, 0.05) is 43.9 Å². The quantitative estimate of drug-likeness (QED) is 0.0250. The van der Waals surface area contributed by atoms with Gasteiger partial charge >= 0.3 is 27.6 Å². The van der Waals surface area contributed by atoms with Crippen LogP contribution in [-0.4, -0.2) is 142 Å². The van der Waals surface area contributed by atoms with E-state index < -0.39 is 132 Å². The van der Waals surface area contributed by atoms with E-state index in [0.29, 0.717) is 25.7 Å². The summed E-state index contributed by atoms with van der Waals surface area (Å²) in [4.78, 5) is 70.0. The highest BCUT2D eigenvalue weighted by atomic mass is 31.2. The van der Waals surface area contributed by atoms with Crippen LogP contribution < -0.4 is 0 Å². The first kappa shape index (κ1) is 64.4. The molecule has 1 unspecified atom stereocenters. The molecule has 2 rings (SSSR count). The summed E-state index contributed by atoms with van der Waals surface area (Å²) in [6.07, 6.45) is 5.36. The summed E-state index contributed by atoms with van der Waals surface area (Å²) in [6, 6.07) is 0. The number of carbonyl (C=O) groups excluding carboxylic acids is 3. The molecule has 0 spiro atoms. The first-order chi connectivity index (χ1) is 33.7. The number of phosphoric ester groups is 2. The minimum Gasteiger partial charge on any atom is -0.462 e.